The Morgan fingerprint density at radius 3 is 2.63 bits per heavy atom. The van der Waals surface area contributed by atoms with Gasteiger partial charge in [-0.15, -0.1) is 11.3 Å². The molecule has 2 aromatic rings. The predicted molar refractivity (Wildman–Crippen MR) is 80.3 cm³/mol. The van der Waals surface area contributed by atoms with Crippen molar-refractivity contribution in [3.63, 3.8) is 0 Å². The molecule has 0 fully saturated rings. The minimum Gasteiger partial charge on any atom is -0.351 e. The topological polar surface area (TPSA) is 29.1 Å². The molecule has 1 aromatic carbocycles. The van der Waals surface area contributed by atoms with Gasteiger partial charge in [-0.1, -0.05) is 30.3 Å². The quantitative estimate of drug-likeness (QED) is 0.854. The van der Waals surface area contributed by atoms with Crippen LogP contribution in [0.15, 0.2) is 42.5 Å². The molecule has 0 saturated carbocycles. The molecule has 1 heterocycles. The van der Waals surface area contributed by atoms with E-state index >= 15 is 0 Å². The van der Waals surface area contributed by atoms with Crippen molar-refractivity contribution >= 4 is 17.2 Å². The van der Waals surface area contributed by atoms with Gasteiger partial charge in [0.05, 0.1) is 6.54 Å². The first-order chi connectivity index (χ1) is 9.24. The lowest BCUT2D eigenvalue weighted by Gasteiger charge is -2.04. The van der Waals surface area contributed by atoms with Gasteiger partial charge in [0, 0.05) is 16.2 Å². The van der Waals surface area contributed by atoms with E-state index in [0.29, 0.717) is 13.0 Å². The van der Waals surface area contributed by atoms with E-state index in [1.807, 2.05) is 18.2 Å². The number of carbonyl (C=O) groups excluding carboxylic acids is 1. The molecule has 19 heavy (non-hydrogen) atoms. The zero-order valence-electron chi connectivity index (χ0n) is 11.2. The second-order valence-corrected chi connectivity index (χ2v) is 6.00. The normalized spacial score (nSPS) is 10.4. The van der Waals surface area contributed by atoms with Gasteiger partial charge in [-0.05, 0) is 37.5 Å². The molecule has 1 N–H and O–H groups in total. The van der Waals surface area contributed by atoms with Crippen LogP contribution in [0.4, 0.5) is 0 Å². The SMILES string of the molecule is Cc1ccc(CNC(=O)CCCc2ccccc2)s1. The van der Waals surface area contributed by atoms with E-state index in [1.54, 1.807) is 11.3 Å². The summed E-state index contributed by atoms with van der Waals surface area (Å²) in [5, 5.41) is 2.97. The molecule has 0 unspecified atom stereocenters. The second kappa shape index (κ2) is 7.10. The van der Waals surface area contributed by atoms with E-state index in [2.05, 4.69) is 36.5 Å². The molecule has 0 atom stereocenters. The smallest absolute Gasteiger partial charge is 0.220 e. The molecular weight excluding hydrogens is 254 g/mol. The number of hydrogen-bond acceptors (Lipinski definition) is 2. The fraction of sp³-hybridized carbons (Fsp3) is 0.312. The third-order valence-electron chi connectivity index (χ3n) is 2.97. The third kappa shape index (κ3) is 4.87. The highest BCUT2D eigenvalue weighted by Crippen LogP contribution is 2.14. The van der Waals surface area contributed by atoms with Crippen LogP contribution in [0.2, 0.25) is 0 Å². The molecule has 3 heteroatoms. The predicted octanol–water partition coefficient (Wildman–Crippen LogP) is 3.70. The largest absolute Gasteiger partial charge is 0.351 e. The monoisotopic (exact) mass is 273 g/mol. The highest BCUT2D eigenvalue weighted by Gasteiger charge is 2.03. The summed E-state index contributed by atoms with van der Waals surface area (Å²) in [6.45, 7) is 2.73. The number of benzene rings is 1. The maximum absolute atomic E-state index is 11.7. The number of hydrogen-bond donors (Lipinski definition) is 1. The van der Waals surface area contributed by atoms with Crippen molar-refractivity contribution in [2.24, 2.45) is 0 Å². The number of rotatable bonds is 6. The van der Waals surface area contributed by atoms with Crippen molar-refractivity contribution in [2.75, 3.05) is 0 Å². The molecule has 0 aliphatic carbocycles. The third-order valence-corrected chi connectivity index (χ3v) is 3.97. The van der Waals surface area contributed by atoms with Crippen molar-refractivity contribution < 1.29 is 4.79 Å². The van der Waals surface area contributed by atoms with Crippen LogP contribution in [-0.2, 0) is 17.8 Å². The molecule has 0 aliphatic heterocycles. The van der Waals surface area contributed by atoms with Crippen LogP contribution in [0.1, 0.15) is 28.2 Å². The Hall–Kier alpha value is -1.61. The number of nitrogens with one attached hydrogen (secondary N) is 1. The van der Waals surface area contributed by atoms with E-state index in [-0.39, 0.29) is 5.91 Å². The molecule has 1 aromatic heterocycles. The van der Waals surface area contributed by atoms with Crippen molar-refractivity contribution in [3.05, 3.63) is 57.8 Å². The average Bonchev–Trinajstić information content (AvgIpc) is 2.83. The fourth-order valence-electron chi connectivity index (χ4n) is 1.95. The van der Waals surface area contributed by atoms with Crippen LogP contribution in [0.5, 0.6) is 0 Å². The van der Waals surface area contributed by atoms with Gasteiger partial charge in [-0.25, -0.2) is 0 Å². The van der Waals surface area contributed by atoms with E-state index in [1.165, 1.54) is 15.3 Å². The lowest BCUT2D eigenvalue weighted by atomic mass is 10.1. The summed E-state index contributed by atoms with van der Waals surface area (Å²) in [4.78, 5) is 14.2. The number of aryl methyl sites for hydroxylation is 2. The minimum atomic E-state index is 0.141. The second-order valence-electron chi connectivity index (χ2n) is 4.63. The Morgan fingerprint density at radius 1 is 1.16 bits per heavy atom. The highest BCUT2D eigenvalue weighted by atomic mass is 32.1. The van der Waals surface area contributed by atoms with Crippen molar-refractivity contribution in [3.8, 4) is 0 Å². The molecule has 0 saturated heterocycles. The van der Waals surface area contributed by atoms with Crippen LogP contribution in [0.3, 0.4) is 0 Å². The van der Waals surface area contributed by atoms with Crippen LogP contribution in [0, 0.1) is 6.92 Å². The summed E-state index contributed by atoms with van der Waals surface area (Å²) in [6.07, 6.45) is 2.46. The molecule has 0 aliphatic rings. The molecule has 0 radical (unpaired) electrons. The first-order valence-electron chi connectivity index (χ1n) is 6.60. The Kier molecular flexibility index (Phi) is 5.16. The maximum Gasteiger partial charge on any atom is 0.220 e. The highest BCUT2D eigenvalue weighted by molar-refractivity contribution is 7.11. The Bertz CT molecular complexity index is 519. The van der Waals surface area contributed by atoms with Gasteiger partial charge in [0.1, 0.15) is 0 Å². The zero-order valence-corrected chi connectivity index (χ0v) is 12.0. The summed E-state index contributed by atoms with van der Waals surface area (Å²) in [5.41, 5.74) is 1.30. The van der Waals surface area contributed by atoms with Crippen molar-refractivity contribution in [2.45, 2.75) is 32.7 Å². The van der Waals surface area contributed by atoms with Crippen LogP contribution in [-0.4, -0.2) is 5.91 Å². The van der Waals surface area contributed by atoms with E-state index in [4.69, 9.17) is 0 Å². The Morgan fingerprint density at radius 2 is 1.95 bits per heavy atom. The summed E-state index contributed by atoms with van der Waals surface area (Å²) >= 11 is 1.74. The van der Waals surface area contributed by atoms with Gasteiger partial charge < -0.3 is 5.32 Å². The molecule has 2 rings (SSSR count). The number of carbonyl (C=O) groups is 1. The van der Waals surface area contributed by atoms with E-state index in [9.17, 15) is 4.79 Å². The Labute approximate surface area is 118 Å². The summed E-state index contributed by atoms with van der Waals surface area (Å²) < 4.78 is 0. The van der Waals surface area contributed by atoms with Gasteiger partial charge in [0.2, 0.25) is 5.91 Å². The number of thiophene rings is 1. The average molecular weight is 273 g/mol. The number of amides is 1. The first-order valence-corrected chi connectivity index (χ1v) is 7.41. The molecule has 0 spiro atoms. The molecular formula is C16H19NOS. The molecule has 1 amide bonds. The van der Waals surface area contributed by atoms with Gasteiger partial charge in [0.15, 0.2) is 0 Å². The minimum absolute atomic E-state index is 0.141. The van der Waals surface area contributed by atoms with Gasteiger partial charge in [-0.3, -0.25) is 4.79 Å². The summed E-state index contributed by atoms with van der Waals surface area (Å²) in [7, 11) is 0. The first kappa shape index (κ1) is 13.8. The van der Waals surface area contributed by atoms with Gasteiger partial charge in [0.25, 0.3) is 0 Å². The summed E-state index contributed by atoms with van der Waals surface area (Å²) in [5.74, 6) is 0.141. The lowest BCUT2D eigenvalue weighted by Crippen LogP contribution is -2.21. The van der Waals surface area contributed by atoms with Crippen LogP contribution >= 0.6 is 11.3 Å². The summed E-state index contributed by atoms with van der Waals surface area (Å²) in [6, 6.07) is 14.5. The molecule has 0 bridgehead atoms. The Balaban J connectivity index is 1.65. The van der Waals surface area contributed by atoms with Crippen LogP contribution in [0.25, 0.3) is 0 Å². The van der Waals surface area contributed by atoms with Gasteiger partial charge >= 0.3 is 0 Å². The van der Waals surface area contributed by atoms with E-state index < -0.39 is 0 Å². The molecule has 2 nitrogen and oxygen atoms in total. The zero-order chi connectivity index (χ0) is 13.5. The van der Waals surface area contributed by atoms with Crippen LogP contribution < -0.4 is 5.32 Å². The van der Waals surface area contributed by atoms with Crippen molar-refractivity contribution in [1.29, 1.82) is 0 Å². The van der Waals surface area contributed by atoms with E-state index in [0.717, 1.165) is 12.8 Å². The fourth-order valence-corrected chi connectivity index (χ4v) is 2.78. The van der Waals surface area contributed by atoms with Crippen molar-refractivity contribution in [1.82, 2.24) is 5.32 Å². The maximum atomic E-state index is 11.7. The lowest BCUT2D eigenvalue weighted by molar-refractivity contribution is -0.121. The molecule has 100 valence electrons. The van der Waals surface area contributed by atoms with Gasteiger partial charge in [-0.2, -0.15) is 0 Å². The standard InChI is InChI=1S/C16H19NOS/c1-13-10-11-15(19-13)12-17-16(18)9-5-8-14-6-3-2-4-7-14/h2-4,6-7,10-11H,5,8-9,12H2,1H3,(H,17,18).